The molecule has 18 heavy (non-hydrogen) atoms. The Bertz CT molecular complexity index is 534. The van der Waals surface area contributed by atoms with Gasteiger partial charge in [-0.3, -0.25) is 4.68 Å². The van der Waals surface area contributed by atoms with Crippen LogP contribution in [0.3, 0.4) is 0 Å². The number of aromatic nitrogens is 2. The number of hydrogen-bond acceptors (Lipinski definition) is 3. The molecule has 0 saturated carbocycles. The van der Waals surface area contributed by atoms with Crippen LogP contribution in [0.2, 0.25) is 0 Å². The van der Waals surface area contributed by atoms with Crippen molar-refractivity contribution in [1.29, 1.82) is 0 Å². The average molecular weight is 245 g/mol. The zero-order valence-corrected chi connectivity index (χ0v) is 11.3. The van der Waals surface area contributed by atoms with Crippen LogP contribution in [0.25, 0.3) is 11.3 Å². The van der Waals surface area contributed by atoms with Crippen molar-refractivity contribution in [1.82, 2.24) is 15.1 Å². The highest BCUT2D eigenvalue weighted by molar-refractivity contribution is 5.65. The summed E-state index contributed by atoms with van der Waals surface area (Å²) >= 11 is 0. The van der Waals surface area contributed by atoms with Crippen LogP contribution in [0.1, 0.15) is 18.5 Å². The Morgan fingerprint density at radius 1 is 1.39 bits per heavy atom. The molecule has 0 radical (unpaired) electrons. The first-order valence-electron chi connectivity index (χ1n) is 6.01. The molecule has 0 aliphatic heterocycles. The van der Waals surface area contributed by atoms with Crippen LogP contribution in [0.5, 0.6) is 5.75 Å². The first-order chi connectivity index (χ1) is 8.67. The quantitative estimate of drug-likeness (QED) is 0.899. The van der Waals surface area contributed by atoms with Crippen LogP contribution >= 0.6 is 0 Å². The molecule has 1 aromatic heterocycles. The third kappa shape index (κ3) is 2.24. The van der Waals surface area contributed by atoms with Gasteiger partial charge in [0.2, 0.25) is 0 Å². The monoisotopic (exact) mass is 245 g/mol. The smallest absolute Gasteiger partial charge is 0.119 e. The first kappa shape index (κ1) is 12.6. The van der Waals surface area contributed by atoms with E-state index in [1.165, 1.54) is 5.56 Å². The minimum absolute atomic E-state index is 0.264. The fraction of sp³-hybridized carbons (Fsp3) is 0.357. The number of methoxy groups -OCH3 is 1. The molecule has 0 amide bonds. The Morgan fingerprint density at radius 3 is 2.83 bits per heavy atom. The van der Waals surface area contributed by atoms with Gasteiger partial charge in [0.1, 0.15) is 5.75 Å². The van der Waals surface area contributed by atoms with E-state index in [4.69, 9.17) is 4.74 Å². The van der Waals surface area contributed by atoms with Gasteiger partial charge in [0.05, 0.1) is 19.0 Å². The molecular weight excluding hydrogens is 226 g/mol. The number of nitrogens with one attached hydrogen (secondary N) is 1. The third-order valence-electron chi connectivity index (χ3n) is 3.21. The van der Waals surface area contributed by atoms with E-state index < -0.39 is 0 Å². The molecule has 2 rings (SSSR count). The van der Waals surface area contributed by atoms with E-state index in [2.05, 4.69) is 23.4 Å². The molecule has 1 aromatic carbocycles. The van der Waals surface area contributed by atoms with Gasteiger partial charge in [0.25, 0.3) is 0 Å². The summed E-state index contributed by atoms with van der Waals surface area (Å²) in [6.45, 7) is 2.13. The number of rotatable bonds is 4. The van der Waals surface area contributed by atoms with Gasteiger partial charge >= 0.3 is 0 Å². The second kappa shape index (κ2) is 5.23. The fourth-order valence-corrected chi connectivity index (χ4v) is 2.05. The zero-order chi connectivity index (χ0) is 13.1. The molecule has 0 saturated heterocycles. The van der Waals surface area contributed by atoms with E-state index in [1.807, 2.05) is 43.2 Å². The summed E-state index contributed by atoms with van der Waals surface area (Å²) in [7, 11) is 5.59. The molecule has 1 atom stereocenters. The number of hydrogen-bond donors (Lipinski definition) is 1. The average Bonchev–Trinajstić information content (AvgIpc) is 2.79. The lowest BCUT2D eigenvalue weighted by Gasteiger charge is -2.13. The van der Waals surface area contributed by atoms with Crippen molar-refractivity contribution in [3.63, 3.8) is 0 Å². The van der Waals surface area contributed by atoms with Crippen molar-refractivity contribution in [2.24, 2.45) is 7.05 Å². The minimum Gasteiger partial charge on any atom is -0.497 e. The molecule has 1 N–H and O–H groups in total. The molecular formula is C14H19N3O. The van der Waals surface area contributed by atoms with E-state index in [0.717, 1.165) is 17.0 Å². The second-order valence-electron chi connectivity index (χ2n) is 4.31. The summed E-state index contributed by atoms with van der Waals surface area (Å²) in [5, 5.41) is 7.60. The highest BCUT2D eigenvalue weighted by Gasteiger charge is 2.15. The van der Waals surface area contributed by atoms with Gasteiger partial charge in [-0.05, 0) is 26.1 Å². The zero-order valence-electron chi connectivity index (χ0n) is 11.3. The standard InChI is InChI=1S/C14H19N3O/c1-10(15-2)13-9-16-17(3)14(13)11-6-5-7-12(8-11)18-4/h5-10,15H,1-4H3. The molecule has 0 aliphatic carbocycles. The van der Waals surface area contributed by atoms with Crippen LogP contribution < -0.4 is 10.1 Å². The molecule has 0 fully saturated rings. The van der Waals surface area contributed by atoms with Crippen LogP contribution in [0.15, 0.2) is 30.5 Å². The predicted molar refractivity (Wildman–Crippen MR) is 72.7 cm³/mol. The molecule has 1 heterocycles. The molecule has 0 aliphatic rings. The SMILES string of the molecule is CNC(C)c1cnn(C)c1-c1cccc(OC)c1. The minimum atomic E-state index is 0.264. The molecule has 4 heteroatoms. The van der Waals surface area contributed by atoms with Gasteiger partial charge in [0, 0.05) is 24.2 Å². The summed E-state index contributed by atoms with van der Waals surface area (Å²) in [6, 6.07) is 8.31. The molecule has 2 aromatic rings. The molecule has 1 unspecified atom stereocenters. The van der Waals surface area contributed by atoms with Gasteiger partial charge in [-0.1, -0.05) is 12.1 Å². The van der Waals surface area contributed by atoms with Crippen molar-refractivity contribution in [3.05, 3.63) is 36.0 Å². The maximum absolute atomic E-state index is 5.27. The van der Waals surface area contributed by atoms with Crippen molar-refractivity contribution in [3.8, 4) is 17.0 Å². The highest BCUT2D eigenvalue weighted by atomic mass is 16.5. The summed E-state index contributed by atoms with van der Waals surface area (Å²) in [5.41, 5.74) is 3.43. The third-order valence-corrected chi connectivity index (χ3v) is 3.21. The normalized spacial score (nSPS) is 12.4. The Labute approximate surface area is 108 Å². The maximum atomic E-state index is 5.27. The van der Waals surface area contributed by atoms with Gasteiger partial charge in [0.15, 0.2) is 0 Å². The van der Waals surface area contributed by atoms with E-state index in [-0.39, 0.29) is 6.04 Å². The predicted octanol–water partition coefficient (Wildman–Crippen LogP) is 2.38. The van der Waals surface area contributed by atoms with Crippen LogP contribution in [-0.4, -0.2) is 23.9 Å². The Balaban J connectivity index is 2.52. The number of aryl methyl sites for hydroxylation is 1. The Hall–Kier alpha value is -1.81. The van der Waals surface area contributed by atoms with Crippen LogP contribution in [-0.2, 0) is 7.05 Å². The molecule has 0 bridgehead atoms. The largest absolute Gasteiger partial charge is 0.497 e. The Kier molecular flexibility index (Phi) is 3.67. The lowest BCUT2D eigenvalue weighted by Crippen LogP contribution is -2.13. The fourth-order valence-electron chi connectivity index (χ4n) is 2.05. The Morgan fingerprint density at radius 2 is 2.17 bits per heavy atom. The lowest BCUT2D eigenvalue weighted by molar-refractivity contribution is 0.415. The molecule has 0 spiro atoms. The lowest BCUT2D eigenvalue weighted by atomic mass is 10.0. The van der Waals surface area contributed by atoms with E-state index >= 15 is 0 Å². The number of benzene rings is 1. The van der Waals surface area contributed by atoms with Gasteiger partial charge in [-0.25, -0.2) is 0 Å². The summed E-state index contributed by atoms with van der Waals surface area (Å²) in [5.74, 6) is 0.858. The summed E-state index contributed by atoms with van der Waals surface area (Å²) < 4.78 is 7.17. The van der Waals surface area contributed by atoms with Gasteiger partial charge in [-0.15, -0.1) is 0 Å². The van der Waals surface area contributed by atoms with Crippen LogP contribution in [0.4, 0.5) is 0 Å². The summed E-state index contributed by atoms with van der Waals surface area (Å²) in [6.07, 6.45) is 1.91. The molecule has 4 nitrogen and oxygen atoms in total. The van der Waals surface area contributed by atoms with E-state index in [9.17, 15) is 0 Å². The highest BCUT2D eigenvalue weighted by Crippen LogP contribution is 2.29. The van der Waals surface area contributed by atoms with Crippen LogP contribution in [0, 0.1) is 0 Å². The van der Waals surface area contributed by atoms with E-state index in [1.54, 1.807) is 7.11 Å². The molecule has 96 valence electrons. The van der Waals surface area contributed by atoms with Crippen molar-refractivity contribution < 1.29 is 4.74 Å². The first-order valence-corrected chi connectivity index (χ1v) is 6.01. The van der Waals surface area contributed by atoms with Crippen molar-refractivity contribution >= 4 is 0 Å². The summed E-state index contributed by atoms with van der Waals surface area (Å²) in [4.78, 5) is 0. The maximum Gasteiger partial charge on any atom is 0.119 e. The number of ether oxygens (including phenoxy) is 1. The van der Waals surface area contributed by atoms with Crippen molar-refractivity contribution in [2.75, 3.05) is 14.2 Å². The van der Waals surface area contributed by atoms with Crippen molar-refractivity contribution in [2.45, 2.75) is 13.0 Å². The number of nitrogens with zero attached hydrogens (tertiary/aromatic N) is 2. The van der Waals surface area contributed by atoms with Gasteiger partial charge in [-0.2, -0.15) is 5.10 Å². The topological polar surface area (TPSA) is 39.1 Å². The van der Waals surface area contributed by atoms with Gasteiger partial charge < -0.3 is 10.1 Å². The second-order valence-corrected chi connectivity index (χ2v) is 4.31. The van der Waals surface area contributed by atoms with E-state index in [0.29, 0.717) is 0 Å².